The lowest BCUT2D eigenvalue weighted by molar-refractivity contribution is 0.0901. The maximum Gasteiger partial charge on any atom is 0.224 e. The molecule has 8 heteroatoms. The normalized spacial score (nSPS) is 11.9. The Morgan fingerprint density at radius 3 is 2.77 bits per heavy atom. The van der Waals surface area contributed by atoms with Crippen molar-refractivity contribution < 1.29 is 9.47 Å². The number of hydrogen-bond acceptors (Lipinski definition) is 5. The minimum Gasteiger partial charge on any atom is -0.480 e. The van der Waals surface area contributed by atoms with Crippen LogP contribution in [0.25, 0.3) is 22.4 Å². The molecule has 6 nitrogen and oxygen atoms in total. The van der Waals surface area contributed by atoms with E-state index in [1.807, 2.05) is 29.1 Å². The van der Waals surface area contributed by atoms with Crippen molar-refractivity contribution in [1.29, 1.82) is 0 Å². The topological polar surface area (TPSA) is 62.1 Å². The van der Waals surface area contributed by atoms with E-state index in [-0.39, 0.29) is 0 Å². The number of methoxy groups -OCH3 is 1. The van der Waals surface area contributed by atoms with Crippen molar-refractivity contribution in [3.05, 3.63) is 35.2 Å². The van der Waals surface area contributed by atoms with Gasteiger partial charge in [0.25, 0.3) is 0 Å². The lowest BCUT2D eigenvalue weighted by Gasteiger charge is -2.15. The van der Waals surface area contributed by atoms with E-state index in [4.69, 9.17) is 14.5 Å². The number of ether oxygens (including phenoxy) is 2. The quantitative estimate of drug-likeness (QED) is 0.402. The van der Waals surface area contributed by atoms with Crippen LogP contribution in [0.15, 0.2) is 35.2 Å². The number of nitrogens with zero attached hydrogens (tertiary/aromatic N) is 4. The Balaban J connectivity index is 1.84. The maximum absolute atomic E-state index is 5.86. The Kier molecular flexibility index (Phi) is 5.74. The zero-order valence-electron chi connectivity index (χ0n) is 15.5. The summed E-state index contributed by atoms with van der Waals surface area (Å²) < 4.78 is 14.1. The molecular weight excluding hydrogens is 412 g/mol. The average molecular weight is 435 g/mol. The molecule has 138 valence electrons. The lowest BCUT2D eigenvalue weighted by Crippen LogP contribution is -2.21. The third-order valence-corrected chi connectivity index (χ3v) is 6.29. The third kappa shape index (κ3) is 4.31. The Labute approximate surface area is 162 Å². The summed E-state index contributed by atoms with van der Waals surface area (Å²) in [6, 6.07) is 4.89. The van der Waals surface area contributed by atoms with E-state index in [1.165, 1.54) is 0 Å². The number of rotatable bonds is 7. The van der Waals surface area contributed by atoms with Crippen LogP contribution in [0, 0.1) is 0 Å². The molecule has 0 amide bonds. The van der Waals surface area contributed by atoms with Gasteiger partial charge in [-0.2, -0.15) is 0 Å². The largest absolute Gasteiger partial charge is 0.480 e. The molecule has 0 aromatic carbocycles. The fourth-order valence-corrected chi connectivity index (χ4v) is 3.83. The summed E-state index contributed by atoms with van der Waals surface area (Å²) in [7, 11) is 0.508. The van der Waals surface area contributed by atoms with Crippen LogP contribution in [0.3, 0.4) is 0 Å². The first-order valence-corrected chi connectivity index (χ1v) is 13.0. The van der Waals surface area contributed by atoms with Gasteiger partial charge in [-0.25, -0.2) is 15.0 Å². The van der Waals surface area contributed by atoms with Crippen molar-refractivity contribution in [2.45, 2.75) is 32.4 Å². The molecule has 0 aliphatic carbocycles. The van der Waals surface area contributed by atoms with Crippen molar-refractivity contribution >= 4 is 35.0 Å². The molecular formula is C18H23BrN4O2Si. The first kappa shape index (κ1) is 19.0. The molecule has 0 bridgehead atoms. The smallest absolute Gasteiger partial charge is 0.224 e. The van der Waals surface area contributed by atoms with Gasteiger partial charge in [0.2, 0.25) is 5.88 Å². The van der Waals surface area contributed by atoms with E-state index >= 15 is 0 Å². The van der Waals surface area contributed by atoms with Crippen molar-refractivity contribution in [1.82, 2.24) is 19.5 Å². The maximum atomic E-state index is 5.86. The van der Waals surface area contributed by atoms with Crippen LogP contribution >= 0.6 is 15.9 Å². The Morgan fingerprint density at radius 2 is 2.04 bits per heavy atom. The summed E-state index contributed by atoms with van der Waals surface area (Å²) >= 11 is 3.59. The zero-order valence-corrected chi connectivity index (χ0v) is 18.1. The van der Waals surface area contributed by atoms with Crippen molar-refractivity contribution in [2.75, 3.05) is 13.7 Å². The predicted octanol–water partition coefficient (Wildman–Crippen LogP) is 4.58. The summed E-state index contributed by atoms with van der Waals surface area (Å²) in [6.07, 6.45) is 5.49. The van der Waals surface area contributed by atoms with E-state index in [0.29, 0.717) is 18.4 Å². The van der Waals surface area contributed by atoms with Crippen molar-refractivity contribution in [3.63, 3.8) is 0 Å². The van der Waals surface area contributed by atoms with Gasteiger partial charge in [0, 0.05) is 27.1 Å². The van der Waals surface area contributed by atoms with Gasteiger partial charge in [-0.05, 0) is 34.1 Å². The number of hydrogen-bond donors (Lipinski definition) is 0. The lowest BCUT2D eigenvalue weighted by atomic mass is 10.2. The van der Waals surface area contributed by atoms with Gasteiger partial charge in [0.05, 0.1) is 28.9 Å². The first-order valence-electron chi connectivity index (χ1n) is 8.47. The number of aromatic nitrogens is 4. The van der Waals surface area contributed by atoms with Crippen molar-refractivity contribution in [2.24, 2.45) is 0 Å². The molecule has 0 aliphatic heterocycles. The molecule has 0 unspecified atom stereocenters. The molecule has 0 spiro atoms. The number of halogens is 1. The van der Waals surface area contributed by atoms with Gasteiger partial charge >= 0.3 is 0 Å². The Bertz CT molecular complexity index is 908. The summed E-state index contributed by atoms with van der Waals surface area (Å²) in [5.74, 6) is 1.10. The van der Waals surface area contributed by atoms with Gasteiger partial charge < -0.3 is 14.0 Å². The molecule has 3 heterocycles. The van der Waals surface area contributed by atoms with E-state index in [2.05, 4.69) is 45.5 Å². The van der Waals surface area contributed by atoms with Crippen LogP contribution in [0.1, 0.15) is 0 Å². The van der Waals surface area contributed by atoms with Gasteiger partial charge in [-0.15, -0.1) is 0 Å². The SMILES string of the molecule is COc1ncccc1-c1ncc2c(n1)c(Br)cn2COCC[Si](C)(C)C. The second kappa shape index (κ2) is 7.85. The highest BCUT2D eigenvalue weighted by molar-refractivity contribution is 9.10. The molecule has 0 fully saturated rings. The van der Waals surface area contributed by atoms with Gasteiger partial charge in [0.1, 0.15) is 12.2 Å². The first-order chi connectivity index (χ1) is 12.4. The molecule has 0 N–H and O–H groups in total. The summed E-state index contributed by atoms with van der Waals surface area (Å²) in [4.78, 5) is 13.4. The Hall–Kier alpha value is -1.77. The molecule has 3 rings (SSSR count). The predicted molar refractivity (Wildman–Crippen MR) is 109 cm³/mol. The summed E-state index contributed by atoms with van der Waals surface area (Å²) in [5.41, 5.74) is 2.54. The molecule has 0 saturated carbocycles. The number of pyridine rings is 1. The molecule has 0 aliphatic rings. The molecule has 3 aromatic rings. The zero-order chi connectivity index (χ0) is 18.7. The standard InChI is InChI=1S/C18H23BrN4O2Si/c1-24-18-13(6-5-7-20-18)17-21-10-15-16(22-17)14(19)11-23(15)12-25-8-9-26(2,3)4/h5-7,10-11H,8-9,12H2,1-4H3. The van der Waals surface area contributed by atoms with E-state index in [9.17, 15) is 0 Å². The van der Waals surface area contributed by atoms with Crippen LogP contribution in [0.5, 0.6) is 5.88 Å². The van der Waals surface area contributed by atoms with Crippen LogP contribution in [0.2, 0.25) is 25.7 Å². The van der Waals surface area contributed by atoms with Gasteiger partial charge in [-0.1, -0.05) is 19.6 Å². The minimum atomic E-state index is -1.08. The summed E-state index contributed by atoms with van der Waals surface area (Å²) in [5, 5.41) is 0. The van der Waals surface area contributed by atoms with Crippen LogP contribution in [0.4, 0.5) is 0 Å². The molecule has 0 radical (unpaired) electrons. The average Bonchev–Trinajstić information content (AvgIpc) is 2.93. The van der Waals surface area contributed by atoms with Crippen LogP contribution < -0.4 is 4.74 Å². The fraction of sp³-hybridized carbons (Fsp3) is 0.389. The van der Waals surface area contributed by atoms with Gasteiger partial charge in [0.15, 0.2) is 5.82 Å². The van der Waals surface area contributed by atoms with Crippen molar-refractivity contribution in [3.8, 4) is 17.3 Å². The highest BCUT2D eigenvalue weighted by atomic mass is 79.9. The van der Waals surface area contributed by atoms with E-state index < -0.39 is 8.07 Å². The highest BCUT2D eigenvalue weighted by Crippen LogP contribution is 2.29. The molecule has 0 atom stereocenters. The molecule has 3 aromatic heterocycles. The van der Waals surface area contributed by atoms with E-state index in [1.54, 1.807) is 13.3 Å². The second-order valence-electron chi connectivity index (χ2n) is 7.28. The molecule has 26 heavy (non-hydrogen) atoms. The van der Waals surface area contributed by atoms with E-state index in [0.717, 1.165) is 33.7 Å². The fourth-order valence-electron chi connectivity index (χ4n) is 2.53. The highest BCUT2D eigenvalue weighted by Gasteiger charge is 2.15. The third-order valence-electron chi connectivity index (χ3n) is 4.01. The Morgan fingerprint density at radius 1 is 1.23 bits per heavy atom. The van der Waals surface area contributed by atoms with Crippen LogP contribution in [-0.4, -0.2) is 41.3 Å². The monoisotopic (exact) mass is 434 g/mol. The minimum absolute atomic E-state index is 0.492. The number of fused-ring (bicyclic) bond motifs is 1. The summed E-state index contributed by atoms with van der Waals surface area (Å²) in [6.45, 7) is 8.31. The second-order valence-corrected chi connectivity index (χ2v) is 13.8. The van der Waals surface area contributed by atoms with Gasteiger partial charge in [-0.3, -0.25) is 0 Å². The molecule has 0 saturated heterocycles. The van der Waals surface area contributed by atoms with Crippen LogP contribution in [-0.2, 0) is 11.5 Å².